The second-order valence-electron chi connectivity index (χ2n) is 4.98. The normalized spacial score (nSPS) is 11.0. The second kappa shape index (κ2) is 6.29. The van der Waals surface area contributed by atoms with Crippen molar-refractivity contribution in [1.82, 2.24) is 0 Å². The average Bonchev–Trinajstić information content (AvgIpc) is 3.00. The first-order valence-corrected chi connectivity index (χ1v) is 8.04. The van der Waals surface area contributed by atoms with E-state index in [0.717, 1.165) is 17.7 Å². The predicted octanol–water partition coefficient (Wildman–Crippen LogP) is 4.50. The Kier molecular flexibility index (Phi) is 4.23. The van der Waals surface area contributed by atoms with Gasteiger partial charge in [-0.2, -0.15) is 0 Å². The lowest BCUT2D eigenvalue weighted by Gasteiger charge is -2.12. The molecule has 3 rings (SSSR count). The molecular weight excluding hydrogens is 278 g/mol. The van der Waals surface area contributed by atoms with Crippen LogP contribution in [0.15, 0.2) is 48.5 Å². The molecule has 0 spiro atoms. The molecule has 2 aromatic carbocycles. The van der Waals surface area contributed by atoms with Crippen molar-refractivity contribution >= 4 is 22.1 Å². The fourth-order valence-corrected chi connectivity index (χ4v) is 3.37. The second-order valence-corrected chi connectivity index (χ2v) is 6.23. The van der Waals surface area contributed by atoms with E-state index in [9.17, 15) is 0 Å². The molecule has 0 aliphatic carbocycles. The molecule has 0 saturated heterocycles. The average molecular weight is 297 g/mol. The van der Waals surface area contributed by atoms with Gasteiger partial charge in [-0.1, -0.05) is 37.3 Å². The highest BCUT2D eigenvalue weighted by atomic mass is 32.1. The number of fused-ring (bicyclic) bond motifs is 1. The zero-order valence-corrected chi connectivity index (χ0v) is 13.0. The van der Waals surface area contributed by atoms with Crippen molar-refractivity contribution in [2.45, 2.75) is 26.5 Å². The maximum atomic E-state index is 6.01. The highest BCUT2D eigenvalue weighted by Gasteiger charge is 2.08. The summed E-state index contributed by atoms with van der Waals surface area (Å²) in [7, 11) is 0. The summed E-state index contributed by atoms with van der Waals surface area (Å²) in [4.78, 5) is 2.65. The quantitative estimate of drug-likeness (QED) is 0.752. The van der Waals surface area contributed by atoms with Crippen LogP contribution in [0.2, 0.25) is 0 Å². The topological polar surface area (TPSA) is 35.2 Å². The van der Waals surface area contributed by atoms with Gasteiger partial charge in [-0.25, -0.2) is 0 Å². The maximum absolute atomic E-state index is 6.01. The fraction of sp³-hybridized carbons (Fsp3) is 0.222. The van der Waals surface area contributed by atoms with Crippen LogP contribution in [-0.2, 0) is 19.6 Å². The van der Waals surface area contributed by atoms with Crippen molar-refractivity contribution < 1.29 is 4.74 Å². The standard InChI is InChI=1S/C18H19NOS/c1-2-14-8-9-15(21-14)12-20-18-10-7-13-5-3-4-6-16(13)17(18)11-19/h3-10H,2,11-12,19H2,1H3. The molecule has 2 N–H and O–H groups in total. The molecule has 3 heteroatoms. The van der Waals surface area contributed by atoms with E-state index < -0.39 is 0 Å². The van der Waals surface area contributed by atoms with Crippen molar-refractivity contribution in [3.8, 4) is 5.75 Å². The van der Waals surface area contributed by atoms with Crippen LogP contribution in [0.1, 0.15) is 22.2 Å². The Morgan fingerprint density at radius 1 is 1.00 bits per heavy atom. The predicted molar refractivity (Wildman–Crippen MR) is 89.9 cm³/mol. The number of thiophene rings is 1. The zero-order chi connectivity index (χ0) is 14.7. The SMILES string of the molecule is CCc1ccc(COc2ccc3ccccc3c2CN)s1. The van der Waals surface area contributed by atoms with Crippen molar-refractivity contribution in [3.05, 3.63) is 63.8 Å². The van der Waals surface area contributed by atoms with Gasteiger partial charge in [0.15, 0.2) is 0 Å². The number of hydrogen-bond donors (Lipinski definition) is 1. The highest BCUT2D eigenvalue weighted by molar-refractivity contribution is 7.11. The van der Waals surface area contributed by atoms with Gasteiger partial charge in [0.1, 0.15) is 12.4 Å². The highest BCUT2D eigenvalue weighted by Crippen LogP contribution is 2.29. The molecule has 1 aromatic heterocycles. The molecule has 0 atom stereocenters. The molecule has 0 saturated carbocycles. The third-order valence-corrected chi connectivity index (χ3v) is 4.84. The summed E-state index contributed by atoms with van der Waals surface area (Å²) in [5.41, 5.74) is 7.02. The van der Waals surface area contributed by atoms with Gasteiger partial charge in [0.05, 0.1) is 0 Å². The molecule has 1 heterocycles. The maximum Gasteiger partial charge on any atom is 0.124 e. The Labute approximate surface area is 129 Å². The number of aryl methyl sites for hydroxylation is 1. The van der Waals surface area contributed by atoms with E-state index in [1.807, 2.05) is 29.5 Å². The summed E-state index contributed by atoms with van der Waals surface area (Å²) in [5, 5.41) is 2.38. The first kappa shape index (κ1) is 14.1. The van der Waals surface area contributed by atoms with E-state index in [0.29, 0.717) is 13.2 Å². The lowest BCUT2D eigenvalue weighted by molar-refractivity contribution is 0.307. The summed E-state index contributed by atoms with van der Waals surface area (Å²) < 4.78 is 6.01. The van der Waals surface area contributed by atoms with E-state index in [1.165, 1.54) is 20.5 Å². The number of nitrogens with two attached hydrogens (primary N) is 1. The minimum atomic E-state index is 0.487. The Morgan fingerprint density at radius 2 is 1.81 bits per heavy atom. The molecule has 0 amide bonds. The first-order valence-electron chi connectivity index (χ1n) is 7.23. The molecule has 0 bridgehead atoms. The summed E-state index contributed by atoms with van der Waals surface area (Å²) in [6.45, 7) is 3.27. The molecule has 0 aliphatic rings. The molecule has 3 aromatic rings. The van der Waals surface area contributed by atoms with Gasteiger partial charge in [0, 0.05) is 21.9 Å². The summed E-state index contributed by atoms with van der Waals surface area (Å²) in [6, 6.07) is 16.7. The Balaban J connectivity index is 1.86. The van der Waals surface area contributed by atoms with Crippen LogP contribution in [0.5, 0.6) is 5.75 Å². The third-order valence-electron chi connectivity index (χ3n) is 3.64. The monoisotopic (exact) mass is 297 g/mol. The van der Waals surface area contributed by atoms with Crippen LogP contribution in [0.4, 0.5) is 0 Å². The smallest absolute Gasteiger partial charge is 0.124 e. The Bertz CT molecular complexity index is 748. The number of rotatable bonds is 5. The molecule has 21 heavy (non-hydrogen) atoms. The van der Waals surface area contributed by atoms with Gasteiger partial charge in [0.2, 0.25) is 0 Å². The molecule has 0 aliphatic heterocycles. The minimum Gasteiger partial charge on any atom is -0.488 e. The summed E-state index contributed by atoms with van der Waals surface area (Å²) in [6.07, 6.45) is 1.08. The first-order chi connectivity index (χ1) is 10.3. The van der Waals surface area contributed by atoms with E-state index in [4.69, 9.17) is 10.5 Å². The van der Waals surface area contributed by atoms with Gasteiger partial charge in [-0.15, -0.1) is 11.3 Å². The van der Waals surface area contributed by atoms with Crippen LogP contribution in [0, 0.1) is 0 Å². The van der Waals surface area contributed by atoms with Crippen LogP contribution in [0.25, 0.3) is 10.8 Å². The van der Waals surface area contributed by atoms with E-state index >= 15 is 0 Å². The van der Waals surface area contributed by atoms with Crippen LogP contribution in [-0.4, -0.2) is 0 Å². The minimum absolute atomic E-state index is 0.487. The van der Waals surface area contributed by atoms with Gasteiger partial charge in [0.25, 0.3) is 0 Å². The molecule has 0 fully saturated rings. The largest absolute Gasteiger partial charge is 0.488 e. The van der Waals surface area contributed by atoms with Crippen molar-refractivity contribution in [2.75, 3.05) is 0 Å². The van der Waals surface area contributed by atoms with E-state index in [2.05, 4.69) is 37.3 Å². The molecular formula is C18H19NOS. The Hall–Kier alpha value is -1.84. The molecule has 2 nitrogen and oxygen atoms in total. The van der Waals surface area contributed by atoms with Crippen LogP contribution in [0.3, 0.4) is 0 Å². The van der Waals surface area contributed by atoms with Crippen molar-refractivity contribution in [1.29, 1.82) is 0 Å². The zero-order valence-electron chi connectivity index (χ0n) is 12.1. The number of benzene rings is 2. The van der Waals surface area contributed by atoms with Crippen molar-refractivity contribution in [2.24, 2.45) is 5.73 Å². The third kappa shape index (κ3) is 2.94. The van der Waals surface area contributed by atoms with Gasteiger partial charge in [-0.3, -0.25) is 0 Å². The summed E-state index contributed by atoms with van der Waals surface area (Å²) >= 11 is 1.81. The van der Waals surface area contributed by atoms with Crippen molar-refractivity contribution in [3.63, 3.8) is 0 Å². The molecule has 0 radical (unpaired) electrons. The molecule has 108 valence electrons. The Morgan fingerprint density at radius 3 is 2.57 bits per heavy atom. The fourth-order valence-electron chi connectivity index (χ4n) is 2.50. The van der Waals surface area contributed by atoms with Crippen LogP contribution < -0.4 is 10.5 Å². The van der Waals surface area contributed by atoms with Gasteiger partial charge < -0.3 is 10.5 Å². The van der Waals surface area contributed by atoms with Crippen LogP contribution >= 0.6 is 11.3 Å². The van der Waals surface area contributed by atoms with Gasteiger partial charge in [-0.05, 0) is 35.4 Å². The number of ether oxygens (including phenoxy) is 1. The lowest BCUT2D eigenvalue weighted by atomic mass is 10.0. The number of hydrogen-bond acceptors (Lipinski definition) is 3. The van der Waals surface area contributed by atoms with E-state index in [-0.39, 0.29) is 0 Å². The molecule has 0 unspecified atom stereocenters. The summed E-state index contributed by atoms with van der Waals surface area (Å²) in [5.74, 6) is 0.891. The van der Waals surface area contributed by atoms with Gasteiger partial charge >= 0.3 is 0 Å². The van der Waals surface area contributed by atoms with E-state index in [1.54, 1.807) is 0 Å². The lowest BCUT2D eigenvalue weighted by Crippen LogP contribution is -2.03.